The molecule has 0 aromatic rings. The van der Waals surface area contributed by atoms with Crippen LogP contribution < -0.4 is 5.32 Å². The second kappa shape index (κ2) is 3.72. The third-order valence-corrected chi connectivity index (χ3v) is 2.07. The third kappa shape index (κ3) is 1.93. The van der Waals surface area contributed by atoms with E-state index in [1.54, 1.807) is 0 Å². The molecule has 0 spiro atoms. The van der Waals surface area contributed by atoms with E-state index in [9.17, 15) is 5.11 Å². The summed E-state index contributed by atoms with van der Waals surface area (Å²) in [5, 5.41) is 12.5. The highest BCUT2D eigenvalue weighted by atomic mass is 16.3. The normalized spacial score (nSPS) is 22.3. The number of hydrogen-bond donors (Lipinski definition) is 2. The van der Waals surface area contributed by atoms with Crippen molar-refractivity contribution in [2.24, 2.45) is 10.9 Å². The Morgan fingerprint density at radius 2 is 2.45 bits per heavy atom. The lowest BCUT2D eigenvalue weighted by molar-refractivity contribution is 0.154. The number of nitrogens with zero attached hydrogens (tertiary/aromatic N) is 1. The van der Waals surface area contributed by atoms with Crippen LogP contribution in [-0.4, -0.2) is 30.1 Å². The molecule has 0 aromatic heterocycles. The molecule has 2 unspecified atom stereocenters. The lowest BCUT2D eigenvalue weighted by atomic mass is 9.99. The summed E-state index contributed by atoms with van der Waals surface area (Å²) in [6, 6.07) is 0. The SMILES string of the molecule is CCC(C1=NCCN1)C(C)O. The van der Waals surface area contributed by atoms with Gasteiger partial charge in [0, 0.05) is 12.5 Å². The Balaban J connectivity index is 2.53. The van der Waals surface area contributed by atoms with E-state index in [1.165, 1.54) is 0 Å². The van der Waals surface area contributed by atoms with Gasteiger partial charge in [0.15, 0.2) is 0 Å². The maximum atomic E-state index is 9.35. The van der Waals surface area contributed by atoms with E-state index in [1.807, 2.05) is 6.92 Å². The number of aliphatic hydroxyl groups excluding tert-OH is 1. The lowest BCUT2D eigenvalue weighted by Crippen LogP contribution is -2.33. The Morgan fingerprint density at radius 1 is 1.73 bits per heavy atom. The molecule has 3 heteroatoms. The number of amidine groups is 1. The topological polar surface area (TPSA) is 44.6 Å². The van der Waals surface area contributed by atoms with Crippen LogP contribution in [0.5, 0.6) is 0 Å². The van der Waals surface area contributed by atoms with Gasteiger partial charge in [0.2, 0.25) is 0 Å². The zero-order valence-corrected chi connectivity index (χ0v) is 7.17. The summed E-state index contributed by atoms with van der Waals surface area (Å²) in [5.74, 6) is 1.19. The van der Waals surface area contributed by atoms with Crippen molar-refractivity contribution in [1.29, 1.82) is 0 Å². The number of hydrogen-bond acceptors (Lipinski definition) is 3. The molecule has 1 heterocycles. The van der Waals surface area contributed by atoms with E-state index in [2.05, 4.69) is 17.2 Å². The van der Waals surface area contributed by atoms with Gasteiger partial charge in [0.25, 0.3) is 0 Å². The molecule has 0 saturated carbocycles. The zero-order chi connectivity index (χ0) is 8.27. The maximum absolute atomic E-state index is 9.35. The van der Waals surface area contributed by atoms with Gasteiger partial charge in [0.1, 0.15) is 5.84 Å². The highest BCUT2D eigenvalue weighted by molar-refractivity contribution is 5.86. The van der Waals surface area contributed by atoms with Crippen molar-refractivity contribution in [2.45, 2.75) is 26.4 Å². The van der Waals surface area contributed by atoms with Crippen molar-refractivity contribution in [3.05, 3.63) is 0 Å². The fraction of sp³-hybridized carbons (Fsp3) is 0.875. The van der Waals surface area contributed by atoms with Crippen LogP contribution in [0.3, 0.4) is 0 Å². The summed E-state index contributed by atoms with van der Waals surface area (Å²) in [6.45, 7) is 5.67. The second-order valence-corrected chi connectivity index (χ2v) is 2.95. The first-order chi connectivity index (χ1) is 5.25. The minimum absolute atomic E-state index is 0.206. The van der Waals surface area contributed by atoms with Crippen molar-refractivity contribution < 1.29 is 5.11 Å². The fourth-order valence-corrected chi connectivity index (χ4v) is 1.43. The molecule has 0 radical (unpaired) electrons. The van der Waals surface area contributed by atoms with Crippen LogP contribution in [-0.2, 0) is 0 Å². The van der Waals surface area contributed by atoms with Crippen LogP contribution >= 0.6 is 0 Å². The van der Waals surface area contributed by atoms with Crippen molar-refractivity contribution in [2.75, 3.05) is 13.1 Å². The molecule has 3 nitrogen and oxygen atoms in total. The Kier molecular flexibility index (Phi) is 2.88. The summed E-state index contributed by atoms with van der Waals surface area (Å²) in [6.07, 6.45) is 0.660. The van der Waals surface area contributed by atoms with Gasteiger partial charge in [-0.25, -0.2) is 0 Å². The lowest BCUT2D eigenvalue weighted by Gasteiger charge is -2.17. The summed E-state index contributed by atoms with van der Waals surface area (Å²) in [4.78, 5) is 4.27. The van der Waals surface area contributed by atoms with Crippen molar-refractivity contribution in [1.82, 2.24) is 5.32 Å². The number of nitrogens with one attached hydrogen (secondary N) is 1. The fourth-order valence-electron chi connectivity index (χ4n) is 1.43. The molecule has 0 saturated heterocycles. The van der Waals surface area contributed by atoms with Gasteiger partial charge in [-0.3, -0.25) is 4.99 Å². The first-order valence-corrected chi connectivity index (χ1v) is 4.22. The molecule has 1 aliphatic heterocycles. The van der Waals surface area contributed by atoms with Crippen LogP contribution in [0.2, 0.25) is 0 Å². The maximum Gasteiger partial charge on any atom is 0.102 e. The molecule has 0 fully saturated rings. The Morgan fingerprint density at radius 3 is 2.82 bits per heavy atom. The first kappa shape index (κ1) is 8.53. The predicted octanol–water partition coefficient (Wildman–Crippen LogP) is 0.395. The molecule has 1 rings (SSSR count). The largest absolute Gasteiger partial charge is 0.393 e. The third-order valence-electron chi connectivity index (χ3n) is 2.07. The zero-order valence-electron chi connectivity index (χ0n) is 7.17. The van der Waals surface area contributed by atoms with Crippen molar-refractivity contribution in [3.8, 4) is 0 Å². The molecule has 11 heavy (non-hydrogen) atoms. The van der Waals surface area contributed by atoms with Gasteiger partial charge in [0.05, 0.1) is 12.6 Å². The average Bonchev–Trinajstić information content (AvgIpc) is 2.40. The molecule has 1 aliphatic rings. The molecule has 64 valence electrons. The standard InChI is InChI=1S/C8H16N2O/c1-3-7(6(2)11)8-9-4-5-10-8/h6-7,11H,3-5H2,1-2H3,(H,9,10). The second-order valence-electron chi connectivity index (χ2n) is 2.95. The summed E-state index contributed by atoms with van der Waals surface area (Å²) >= 11 is 0. The van der Waals surface area contributed by atoms with Gasteiger partial charge in [-0.05, 0) is 13.3 Å². The Labute approximate surface area is 67.5 Å². The summed E-state index contributed by atoms with van der Waals surface area (Å²) in [5.41, 5.74) is 0. The summed E-state index contributed by atoms with van der Waals surface area (Å²) < 4.78 is 0. The number of aliphatic hydroxyl groups is 1. The van der Waals surface area contributed by atoms with Gasteiger partial charge in [-0.2, -0.15) is 0 Å². The van der Waals surface area contributed by atoms with E-state index in [4.69, 9.17) is 0 Å². The number of aliphatic imine (C=N–C) groups is 1. The van der Waals surface area contributed by atoms with Gasteiger partial charge < -0.3 is 10.4 Å². The van der Waals surface area contributed by atoms with Gasteiger partial charge >= 0.3 is 0 Å². The predicted molar refractivity (Wildman–Crippen MR) is 45.8 cm³/mol. The van der Waals surface area contributed by atoms with Gasteiger partial charge in [-0.15, -0.1) is 0 Å². The van der Waals surface area contributed by atoms with E-state index in [0.717, 1.165) is 25.3 Å². The molecule has 2 atom stereocenters. The Bertz CT molecular complexity index is 154. The van der Waals surface area contributed by atoms with Crippen LogP contribution in [0.1, 0.15) is 20.3 Å². The number of rotatable bonds is 3. The van der Waals surface area contributed by atoms with Gasteiger partial charge in [-0.1, -0.05) is 6.92 Å². The molecule has 0 aromatic carbocycles. The van der Waals surface area contributed by atoms with Crippen LogP contribution in [0.25, 0.3) is 0 Å². The van der Waals surface area contributed by atoms with Crippen molar-refractivity contribution in [3.63, 3.8) is 0 Å². The summed E-state index contributed by atoms with van der Waals surface area (Å²) in [7, 11) is 0. The quantitative estimate of drug-likeness (QED) is 0.621. The first-order valence-electron chi connectivity index (χ1n) is 4.22. The monoisotopic (exact) mass is 156 g/mol. The van der Waals surface area contributed by atoms with Crippen LogP contribution in [0.4, 0.5) is 0 Å². The molecular formula is C8H16N2O. The molecule has 2 N–H and O–H groups in total. The van der Waals surface area contributed by atoms with E-state index < -0.39 is 0 Å². The minimum atomic E-state index is -0.288. The highest BCUT2D eigenvalue weighted by Crippen LogP contribution is 2.11. The van der Waals surface area contributed by atoms with Crippen LogP contribution in [0, 0.1) is 5.92 Å². The minimum Gasteiger partial charge on any atom is -0.393 e. The molecule has 0 amide bonds. The van der Waals surface area contributed by atoms with Crippen LogP contribution in [0.15, 0.2) is 4.99 Å². The van der Waals surface area contributed by atoms with E-state index in [-0.39, 0.29) is 12.0 Å². The van der Waals surface area contributed by atoms with Crippen molar-refractivity contribution >= 4 is 5.84 Å². The smallest absolute Gasteiger partial charge is 0.102 e. The van der Waals surface area contributed by atoms with E-state index in [0.29, 0.717) is 0 Å². The Hall–Kier alpha value is -0.570. The average molecular weight is 156 g/mol. The molecule has 0 aliphatic carbocycles. The molecular weight excluding hydrogens is 140 g/mol. The molecule has 0 bridgehead atoms. The highest BCUT2D eigenvalue weighted by Gasteiger charge is 2.20. The van der Waals surface area contributed by atoms with E-state index >= 15 is 0 Å².